The van der Waals surface area contributed by atoms with Gasteiger partial charge in [-0.25, -0.2) is 19.9 Å². The lowest BCUT2D eigenvalue weighted by atomic mass is 10.2. The van der Waals surface area contributed by atoms with Crippen molar-refractivity contribution in [2.45, 2.75) is 12.5 Å². The van der Waals surface area contributed by atoms with Gasteiger partial charge in [-0.05, 0) is 31.2 Å². The fourth-order valence-electron chi connectivity index (χ4n) is 3.14. The molecular weight excluding hydrogens is 368 g/mol. The molecular formula is C20H22N8O. The Bertz CT molecular complexity index is 989. The van der Waals surface area contributed by atoms with Crippen molar-refractivity contribution < 1.29 is 4.79 Å². The quantitative estimate of drug-likeness (QED) is 0.504. The van der Waals surface area contributed by atoms with Gasteiger partial charge in [-0.2, -0.15) is 0 Å². The van der Waals surface area contributed by atoms with E-state index in [2.05, 4.69) is 41.2 Å². The highest BCUT2D eigenvalue weighted by atomic mass is 16.1. The molecule has 9 nitrogen and oxygen atoms in total. The van der Waals surface area contributed by atoms with Crippen molar-refractivity contribution in [1.82, 2.24) is 30.6 Å². The first-order chi connectivity index (χ1) is 14.2. The zero-order valence-electron chi connectivity index (χ0n) is 16.0. The minimum absolute atomic E-state index is 0.226. The van der Waals surface area contributed by atoms with E-state index in [0.717, 1.165) is 30.8 Å². The lowest BCUT2D eigenvalue weighted by Crippen LogP contribution is -2.25. The number of benzene rings is 1. The maximum absolute atomic E-state index is 12.3. The Labute approximate surface area is 168 Å². The maximum atomic E-state index is 12.3. The van der Waals surface area contributed by atoms with Gasteiger partial charge in [0.1, 0.15) is 5.82 Å². The van der Waals surface area contributed by atoms with Crippen molar-refractivity contribution in [1.29, 1.82) is 0 Å². The van der Waals surface area contributed by atoms with Crippen molar-refractivity contribution in [3.63, 3.8) is 0 Å². The molecule has 1 aliphatic heterocycles. The van der Waals surface area contributed by atoms with Gasteiger partial charge in [-0.1, -0.05) is 12.1 Å². The summed E-state index contributed by atoms with van der Waals surface area (Å²) in [6.07, 6.45) is 6.00. The number of amides is 1. The zero-order chi connectivity index (χ0) is 20.1. The van der Waals surface area contributed by atoms with Gasteiger partial charge in [0.2, 0.25) is 0 Å². The molecule has 9 heteroatoms. The summed E-state index contributed by atoms with van der Waals surface area (Å²) >= 11 is 0. The van der Waals surface area contributed by atoms with Crippen molar-refractivity contribution in [2.75, 3.05) is 30.8 Å². The van der Waals surface area contributed by atoms with Gasteiger partial charge < -0.3 is 21.3 Å². The van der Waals surface area contributed by atoms with Crippen LogP contribution >= 0.6 is 0 Å². The summed E-state index contributed by atoms with van der Waals surface area (Å²) in [6.45, 7) is 1.85. The SMILES string of the molecule is CNC(=O)c1ncc(N[C@@H]2CCNC2)nc1Nc1cccc(-c2ncccn2)c1. The molecule has 4 N–H and O–H groups in total. The summed E-state index contributed by atoms with van der Waals surface area (Å²) < 4.78 is 0. The number of nitrogens with zero attached hydrogens (tertiary/aromatic N) is 4. The number of carbonyl (C=O) groups excluding carboxylic acids is 1. The first kappa shape index (κ1) is 18.8. The third-order valence-electron chi connectivity index (χ3n) is 4.58. The highest BCUT2D eigenvalue weighted by Gasteiger charge is 2.18. The molecule has 148 valence electrons. The van der Waals surface area contributed by atoms with E-state index < -0.39 is 0 Å². The first-order valence-electron chi connectivity index (χ1n) is 9.44. The van der Waals surface area contributed by atoms with Gasteiger partial charge in [0.15, 0.2) is 17.3 Å². The molecule has 4 rings (SSSR count). The van der Waals surface area contributed by atoms with Crippen LogP contribution in [-0.2, 0) is 0 Å². The molecule has 1 aromatic carbocycles. The molecule has 0 saturated carbocycles. The molecule has 29 heavy (non-hydrogen) atoms. The van der Waals surface area contributed by atoms with Crippen molar-refractivity contribution in [3.05, 3.63) is 54.6 Å². The minimum Gasteiger partial charge on any atom is -0.365 e. The van der Waals surface area contributed by atoms with E-state index in [4.69, 9.17) is 0 Å². The highest BCUT2D eigenvalue weighted by Crippen LogP contribution is 2.24. The van der Waals surface area contributed by atoms with Crippen LogP contribution in [0.15, 0.2) is 48.9 Å². The molecule has 1 fully saturated rings. The van der Waals surface area contributed by atoms with Crippen LogP contribution in [0, 0.1) is 0 Å². The summed E-state index contributed by atoms with van der Waals surface area (Å²) in [6, 6.07) is 9.69. The van der Waals surface area contributed by atoms with Crippen LogP contribution in [-0.4, -0.2) is 52.0 Å². The molecule has 0 aliphatic carbocycles. The summed E-state index contributed by atoms with van der Waals surface area (Å²) in [5.74, 6) is 1.32. The van der Waals surface area contributed by atoms with E-state index in [0.29, 0.717) is 23.5 Å². The molecule has 3 aromatic rings. The highest BCUT2D eigenvalue weighted by molar-refractivity contribution is 5.97. The fraction of sp³-hybridized carbons (Fsp3) is 0.250. The van der Waals surface area contributed by atoms with Crippen LogP contribution in [0.5, 0.6) is 0 Å². The largest absolute Gasteiger partial charge is 0.365 e. The monoisotopic (exact) mass is 390 g/mol. The van der Waals surface area contributed by atoms with Gasteiger partial charge >= 0.3 is 0 Å². The van der Waals surface area contributed by atoms with Gasteiger partial charge in [-0.3, -0.25) is 4.79 Å². The zero-order valence-corrected chi connectivity index (χ0v) is 16.0. The van der Waals surface area contributed by atoms with Crippen molar-refractivity contribution in [3.8, 4) is 11.4 Å². The summed E-state index contributed by atoms with van der Waals surface area (Å²) in [5, 5.41) is 12.5. The van der Waals surface area contributed by atoms with E-state index in [1.165, 1.54) is 0 Å². The van der Waals surface area contributed by atoms with Gasteiger partial charge in [0, 0.05) is 43.3 Å². The van der Waals surface area contributed by atoms with Crippen LogP contribution in [0.3, 0.4) is 0 Å². The van der Waals surface area contributed by atoms with E-state index >= 15 is 0 Å². The van der Waals surface area contributed by atoms with Gasteiger partial charge in [0.05, 0.1) is 6.20 Å². The third-order valence-corrected chi connectivity index (χ3v) is 4.58. The molecule has 0 radical (unpaired) electrons. The van der Waals surface area contributed by atoms with E-state index in [1.54, 1.807) is 31.7 Å². The molecule has 1 saturated heterocycles. The Morgan fingerprint density at radius 2 is 2.03 bits per heavy atom. The van der Waals surface area contributed by atoms with Crippen LogP contribution in [0.25, 0.3) is 11.4 Å². The summed E-state index contributed by atoms with van der Waals surface area (Å²) in [5.41, 5.74) is 1.84. The maximum Gasteiger partial charge on any atom is 0.273 e. The Kier molecular flexibility index (Phi) is 5.57. The molecule has 1 aliphatic rings. The van der Waals surface area contributed by atoms with Crippen molar-refractivity contribution >= 4 is 23.2 Å². The lowest BCUT2D eigenvalue weighted by molar-refractivity contribution is 0.0959. The molecule has 0 spiro atoms. The van der Waals surface area contributed by atoms with E-state index in [9.17, 15) is 4.79 Å². The topological polar surface area (TPSA) is 117 Å². The molecule has 0 bridgehead atoms. The first-order valence-corrected chi connectivity index (χ1v) is 9.44. The standard InChI is InChI=1S/C20H22N8O/c1-21-20(29)17-19(28-16(12-25-17)26-15-6-9-22-11-15)27-14-5-2-4-13(10-14)18-23-7-3-8-24-18/h2-5,7-8,10,12,15,22H,6,9,11H2,1H3,(H,21,29)(H2,26,27,28)/t15-/m1/s1. The number of anilines is 3. The Balaban J connectivity index is 1.63. The summed E-state index contributed by atoms with van der Waals surface area (Å²) in [7, 11) is 1.57. The van der Waals surface area contributed by atoms with Gasteiger partial charge in [0.25, 0.3) is 5.91 Å². The van der Waals surface area contributed by atoms with Crippen LogP contribution in [0.1, 0.15) is 16.9 Å². The lowest BCUT2D eigenvalue weighted by Gasteiger charge is -2.15. The molecule has 0 unspecified atom stereocenters. The number of rotatable bonds is 6. The van der Waals surface area contributed by atoms with Gasteiger partial charge in [-0.15, -0.1) is 0 Å². The van der Waals surface area contributed by atoms with E-state index in [-0.39, 0.29) is 11.6 Å². The number of nitrogens with one attached hydrogen (secondary N) is 4. The average Bonchev–Trinajstić information content (AvgIpc) is 3.27. The number of hydrogen-bond donors (Lipinski definition) is 4. The second-order valence-electron chi connectivity index (χ2n) is 6.64. The summed E-state index contributed by atoms with van der Waals surface area (Å²) in [4.78, 5) is 29.7. The van der Waals surface area contributed by atoms with Crippen molar-refractivity contribution in [2.24, 2.45) is 0 Å². The number of carbonyl (C=O) groups is 1. The smallest absolute Gasteiger partial charge is 0.273 e. The Hall–Kier alpha value is -3.59. The molecule has 2 aromatic heterocycles. The normalized spacial score (nSPS) is 15.7. The predicted molar refractivity (Wildman–Crippen MR) is 111 cm³/mol. The second-order valence-corrected chi connectivity index (χ2v) is 6.64. The number of aromatic nitrogens is 4. The second kappa shape index (κ2) is 8.61. The molecule has 1 atom stereocenters. The van der Waals surface area contributed by atoms with Crippen LogP contribution in [0.4, 0.5) is 17.3 Å². The Morgan fingerprint density at radius 3 is 2.79 bits per heavy atom. The third kappa shape index (κ3) is 4.46. The predicted octanol–water partition coefficient (Wildman–Crippen LogP) is 1.81. The molecule has 1 amide bonds. The fourth-order valence-corrected chi connectivity index (χ4v) is 3.14. The van der Waals surface area contributed by atoms with E-state index in [1.807, 2.05) is 24.3 Å². The minimum atomic E-state index is -0.309. The Morgan fingerprint density at radius 1 is 1.17 bits per heavy atom. The molecule has 3 heterocycles. The number of hydrogen-bond acceptors (Lipinski definition) is 8. The van der Waals surface area contributed by atoms with Crippen LogP contribution < -0.4 is 21.3 Å². The van der Waals surface area contributed by atoms with Crippen LogP contribution in [0.2, 0.25) is 0 Å². The average molecular weight is 390 g/mol.